The number of rotatable bonds is 3. The van der Waals surface area contributed by atoms with E-state index in [4.69, 9.17) is 11.1 Å². The summed E-state index contributed by atoms with van der Waals surface area (Å²) < 4.78 is 6.39. The van der Waals surface area contributed by atoms with E-state index in [0.717, 1.165) is 10.9 Å². The van der Waals surface area contributed by atoms with E-state index in [2.05, 4.69) is 4.74 Å². The lowest BCUT2D eigenvalue weighted by Gasteiger charge is -2.05. The van der Waals surface area contributed by atoms with Crippen LogP contribution in [0.4, 0.5) is 0 Å². The zero-order valence-corrected chi connectivity index (χ0v) is 9.43. The van der Waals surface area contributed by atoms with Crippen LogP contribution in [0.25, 0.3) is 10.9 Å². The smallest absolute Gasteiger partial charge is 0.325 e. The van der Waals surface area contributed by atoms with Crippen LogP contribution >= 0.6 is 0 Å². The Morgan fingerprint density at radius 2 is 2.24 bits per heavy atom. The summed E-state index contributed by atoms with van der Waals surface area (Å²) >= 11 is 0. The molecule has 0 saturated heterocycles. The van der Waals surface area contributed by atoms with Crippen molar-refractivity contribution < 1.29 is 9.53 Å². The van der Waals surface area contributed by atoms with Crippen molar-refractivity contribution in [3.63, 3.8) is 0 Å². The molecule has 0 radical (unpaired) electrons. The summed E-state index contributed by atoms with van der Waals surface area (Å²) in [7, 11) is 1.36. The number of nitrogens with zero attached hydrogens (tertiary/aromatic N) is 1. The lowest BCUT2D eigenvalue weighted by atomic mass is 10.1. The van der Waals surface area contributed by atoms with Crippen molar-refractivity contribution in [2.24, 2.45) is 5.73 Å². The minimum absolute atomic E-state index is 0.0198. The monoisotopic (exact) mass is 231 g/mol. The fourth-order valence-corrected chi connectivity index (χ4v) is 1.80. The maximum Gasteiger partial charge on any atom is 0.325 e. The first-order chi connectivity index (χ1) is 8.13. The van der Waals surface area contributed by atoms with Gasteiger partial charge in [-0.2, -0.15) is 0 Å². The van der Waals surface area contributed by atoms with Gasteiger partial charge in [-0.3, -0.25) is 10.2 Å². The molecule has 2 rings (SSSR count). The number of methoxy groups -OCH3 is 1. The molecule has 0 unspecified atom stereocenters. The Hall–Kier alpha value is -2.30. The third kappa shape index (κ3) is 1.99. The molecule has 0 atom stereocenters. The highest BCUT2D eigenvalue weighted by Gasteiger charge is 2.09. The number of nitrogens with one attached hydrogen (secondary N) is 1. The quantitative estimate of drug-likeness (QED) is 0.471. The van der Waals surface area contributed by atoms with Crippen molar-refractivity contribution >= 4 is 22.7 Å². The number of esters is 1. The van der Waals surface area contributed by atoms with Gasteiger partial charge >= 0.3 is 5.97 Å². The molecule has 17 heavy (non-hydrogen) atoms. The van der Waals surface area contributed by atoms with Crippen LogP contribution in [-0.2, 0) is 16.1 Å². The number of ether oxygens (including phenoxy) is 1. The molecular weight excluding hydrogens is 218 g/mol. The van der Waals surface area contributed by atoms with Crippen molar-refractivity contribution in [3.8, 4) is 0 Å². The Labute approximate surface area is 98.3 Å². The number of fused-ring (bicyclic) bond motifs is 1. The van der Waals surface area contributed by atoms with Gasteiger partial charge in [0.15, 0.2) is 0 Å². The van der Waals surface area contributed by atoms with Crippen molar-refractivity contribution in [2.75, 3.05) is 7.11 Å². The predicted molar refractivity (Wildman–Crippen MR) is 65.0 cm³/mol. The summed E-state index contributed by atoms with van der Waals surface area (Å²) in [5.74, 6) is -0.290. The van der Waals surface area contributed by atoms with E-state index < -0.39 is 0 Å². The van der Waals surface area contributed by atoms with Crippen LogP contribution in [0.15, 0.2) is 30.5 Å². The molecule has 0 saturated carbocycles. The molecule has 5 heteroatoms. The average Bonchev–Trinajstić information content (AvgIpc) is 2.72. The van der Waals surface area contributed by atoms with Crippen molar-refractivity contribution in [1.29, 1.82) is 5.41 Å². The third-order valence-electron chi connectivity index (χ3n) is 2.63. The molecule has 1 aromatic heterocycles. The summed E-state index contributed by atoms with van der Waals surface area (Å²) in [5, 5.41) is 8.35. The maximum absolute atomic E-state index is 11.2. The third-order valence-corrected chi connectivity index (χ3v) is 2.63. The van der Waals surface area contributed by atoms with E-state index in [1.54, 1.807) is 16.8 Å². The lowest BCUT2D eigenvalue weighted by Crippen LogP contribution is -2.12. The predicted octanol–water partition coefficient (Wildman–Crippen LogP) is 1.10. The molecule has 1 heterocycles. The molecule has 0 fully saturated rings. The Bertz CT molecular complexity index is 586. The Balaban J connectivity index is 2.51. The van der Waals surface area contributed by atoms with Crippen LogP contribution in [0, 0.1) is 5.41 Å². The van der Waals surface area contributed by atoms with Gasteiger partial charge in [0.2, 0.25) is 0 Å². The van der Waals surface area contributed by atoms with Gasteiger partial charge in [-0.25, -0.2) is 0 Å². The van der Waals surface area contributed by atoms with E-state index in [0.29, 0.717) is 5.56 Å². The van der Waals surface area contributed by atoms with Crippen LogP contribution in [0.3, 0.4) is 0 Å². The Kier molecular flexibility index (Phi) is 2.82. The zero-order valence-electron chi connectivity index (χ0n) is 9.43. The molecule has 0 aliphatic rings. The topological polar surface area (TPSA) is 81.1 Å². The first-order valence-electron chi connectivity index (χ1n) is 5.12. The number of aromatic nitrogens is 1. The van der Waals surface area contributed by atoms with Crippen molar-refractivity contribution in [2.45, 2.75) is 6.54 Å². The van der Waals surface area contributed by atoms with E-state index in [1.165, 1.54) is 7.11 Å². The lowest BCUT2D eigenvalue weighted by molar-refractivity contribution is -0.141. The number of carbonyl (C=O) groups excluding carboxylic acids is 1. The summed E-state index contributed by atoms with van der Waals surface area (Å²) in [5.41, 5.74) is 7.04. The van der Waals surface area contributed by atoms with E-state index in [9.17, 15) is 4.79 Å². The molecule has 5 nitrogen and oxygen atoms in total. The van der Waals surface area contributed by atoms with Crippen LogP contribution in [0.1, 0.15) is 5.56 Å². The number of hydrogen-bond acceptors (Lipinski definition) is 3. The number of amidine groups is 1. The van der Waals surface area contributed by atoms with Crippen LogP contribution < -0.4 is 5.73 Å². The van der Waals surface area contributed by atoms with Gasteiger partial charge < -0.3 is 15.0 Å². The number of nitrogens with two attached hydrogens (primary N) is 1. The van der Waals surface area contributed by atoms with Gasteiger partial charge in [0.1, 0.15) is 12.4 Å². The minimum Gasteiger partial charge on any atom is -0.468 e. The molecule has 0 amide bonds. The number of nitrogen functional groups attached to an aromatic ring is 1. The second-order valence-electron chi connectivity index (χ2n) is 3.67. The first kappa shape index (κ1) is 11.2. The molecule has 0 aliphatic heterocycles. The molecule has 0 aliphatic carbocycles. The van der Waals surface area contributed by atoms with Crippen LogP contribution in [0.2, 0.25) is 0 Å². The first-order valence-corrected chi connectivity index (χ1v) is 5.12. The standard InChI is InChI=1S/C12H13N3O2/c1-17-11(16)7-15-6-5-8-9(12(13)14)3-2-4-10(8)15/h2-6H,7H2,1H3,(H3,13,14). The van der Waals surface area contributed by atoms with Gasteiger partial charge in [-0.1, -0.05) is 12.1 Å². The molecule has 3 N–H and O–H groups in total. The number of hydrogen-bond donors (Lipinski definition) is 2. The molecule has 0 bridgehead atoms. The summed E-state index contributed by atoms with van der Waals surface area (Å²) in [6, 6.07) is 7.32. The van der Waals surface area contributed by atoms with Gasteiger partial charge in [0.25, 0.3) is 0 Å². The second kappa shape index (κ2) is 4.29. The molecule has 88 valence electrons. The average molecular weight is 231 g/mol. The SMILES string of the molecule is COC(=O)Cn1ccc2c(C(=N)N)cccc21. The normalized spacial score (nSPS) is 10.4. The second-order valence-corrected chi connectivity index (χ2v) is 3.67. The highest BCUT2D eigenvalue weighted by Crippen LogP contribution is 2.19. The molecular formula is C12H13N3O2. The highest BCUT2D eigenvalue weighted by molar-refractivity contribution is 6.07. The van der Waals surface area contributed by atoms with Gasteiger partial charge in [-0.05, 0) is 12.1 Å². The Morgan fingerprint density at radius 1 is 1.47 bits per heavy atom. The largest absolute Gasteiger partial charge is 0.468 e. The molecule has 1 aromatic carbocycles. The molecule has 0 spiro atoms. The summed E-state index contributed by atoms with van der Waals surface area (Å²) in [6.45, 7) is 0.154. The van der Waals surface area contributed by atoms with Crippen LogP contribution in [0.5, 0.6) is 0 Å². The van der Waals surface area contributed by atoms with Crippen molar-refractivity contribution in [1.82, 2.24) is 4.57 Å². The van der Waals surface area contributed by atoms with E-state index in [-0.39, 0.29) is 18.3 Å². The fourth-order valence-electron chi connectivity index (χ4n) is 1.80. The molecule has 2 aromatic rings. The zero-order chi connectivity index (χ0) is 12.4. The highest BCUT2D eigenvalue weighted by atomic mass is 16.5. The van der Waals surface area contributed by atoms with Gasteiger partial charge in [0.05, 0.1) is 7.11 Å². The van der Waals surface area contributed by atoms with Gasteiger partial charge in [-0.15, -0.1) is 0 Å². The minimum atomic E-state index is -0.310. The van der Waals surface area contributed by atoms with Gasteiger partial charge in [0, 0.05) is 22.7 Å². The number of benzene rings is 1. The Morgan fingerprint density at radius 3 is 2.88 bits per heavy atom. The fraction of sp³-hybridized carbons (Fsp3) is 0.167. The van der Waals surface area contributed by atoms with E-state index >= 15 is 0 Å². The maximum atomic E-state index is 11.2. The summed E-state index contributed by atoms with van der Waals surface area (Å²) in [6.07, 6.45) is 1.79. The number of carbonyl (C=O) groups is 1. The van der Waals surface area contributed by atoms with Crippen LogP contribution in [-0.4, -0.2) is 23.5 Å². The van der Waals surface area contributed by atoms with Crippen molar-refractivity contribution in [3.05, 3.63) is 36.0 Å². The summed E-state index contributed by atoms with van der Waals surface area (Å²) in [4.78, 5) is 11.2. The van der Waals surface area contributed by atoms with E-state index in [1.807, 2.05) is 18.2 Å².